The Labute approximate surface area is 180 Å². The quantitative estimate of drug-likeness (QED) is 0.546. The Balaban J connectivity index is 1.76. The van der Waals surface area contributed by atoms with Gasteiger partial charge in [-0.15, -0.1) is 0 Å². The first-order valence-electron chi connectivity index (χ1n) is 10.2. The van der Waals surface area contributed by atoms with Crippen LogP contribution in [0.1, 0.15) is 35.5 Å². The third kappa shape index (κ3) is 3.63. The van der Waals surface area contributed by atoms with E-state index in [1.807, 2.05) is 76.2 Å². The molecular formula is C24H25N5O2. The number of aryl methyl sites for hydroxylation is 4. The van der Waals surface area contributed by atoms with E-state index in [2.05, 4.69) is 15.5 Å². The minimum Gasteiger partial charge on any atom is -0.324 e. The van der Waals surface area contributed by atoms with Crippen LogP contribution in [0, 0.1) is 27.7 Å². The normalized spacial score (nSPS) is 12.2. The first-order chi connectivity index (χ1) is 14.8. The Morgan fingerprint density at radius 1 is 1.00 bits per heavy atom. The molecule has 0 saturated heterocycles. The second-order valence-corrected chi connectivity index (χ2v) is 7.88. The molecule has 0 fully saturated rings. The van der Waals surface area contributed by atoms with Crippen LogP contribution in [0.4, 0.5) is 5.69 Å². The largest absolute Gasteiger partial charge is 0.324 e. The molecule has 0 aliphatic rings. The maximum Gasteiger partial charge on any atom is 0.295 e. The van der Waals surface area contributed by atoms with Gasteiger partial charge in [0.15, 0.2) is 5.52 Å². The predicted octanol–water partition coefficient (Wildman–Crippen LogP) is 4.02. The Kier molecular flexibility index (Phi) is 5.19. The van der Waals surface area contributed by atoms with Crippen molar-refractivity contribution < 1.29 is 4.79 Å². The van der Waals surface area contributed by atoms with Crippen molar-refractivity contribution in [2.24, 2.45) is 0 Å². The van der Waals surface area contributed by atoms with Gasteiger partial charge >= 0.3 is 0 Å². The molecule has 31 heavy (non-hydrogen) atoms. The molecule has 0 saturated carbocycles. The van der Waals surface area contributed by atoms with Crippen molar-refractivity contribution in [2.45, 2.75) is 40.7 Å². The maximum absolute atomic E-state index is 13.2. The fourth-order valence-corrected chi connectivity index (χ4v) is 3.75. The molecule has 2 heterocycles. The predicted molar refractivity (Wildman–Crippen MR) is 122 cm³/mol. The fourth-order valence-electron chi connectivity index (χ4n) is 3.75. The van der Waals surface area contributed by atoms with Crippen LogP contribution in [0.2, 0.25) is 0 Å². The molecule has 1 atom stereocenters. The SMILES string of the molecule is Cc1ccc(C)c(NC(=O)[C@@H](C)n2nc(C)c3c(C)n(-c4ccccc4)nc3c2=O)c1. The number of carbonyl (C=O) groups is 1. The first-order valence-corrected chi connectivity index (χ1v) is 10.2. The lowest BCUT2D eigenvalue weighted by Gasteiger charge is -2.16. The molecule has 4 aromatic rings. The van der Waals surface area contributed by atoms with E-state index in [1.165, 1.54) is 4.68 Å². The number of para-hydroxylation sites is 1. The summed E-state index contributed by atoms with van der Waals surface area (Å²) >= 11 is 0. The summed E-state index contributed by atoms with van der Waals surface area (Å²) in [6.07, 6.45) is 0. The van der Waals surface area contributed by atoms with Crippen LogP contribution in [-0.2, 0) is 4.79 Å². The van der Waals surface area contributed by atoms with Crippen molar-refractivity contribution in [1.29, 1.82) is 0 Å². The monoisotopic (exact) mass is 415 g/mol. The molecule has 0 spiro atoms. The van der Waals surface area contributed by atoms with Gasteiger partial charge in [-0.1, -0.05) is 30.3 Å². The van der Waals surface area contributed by atoms with Gasteiger partial charge in [-0.2, -0.15) is 10.2 Å². The van der Waals surface area contributed by atoms with Crippen LogP contribution in [0.15, 0.2) is 53.3 Å². The van der Waals surface area contributed by atoms with Crippen molar-refractivity contribution >= 4 is 22.5 Å². The fraction of sp³-hybridized carbons (Fsp3) is 0.250. The highest BCUT2D eigenvalue weighted by Crippen LogP contribution is 2.22. The minimum absolute atomic E-state index is 0.304. The van der Waals surface area contributed by atoms with Gasteiger partial charge in [-0.25, -0.2) is 9.36 Å². The van der Waals surface area contributed by atoms with Gasteiger partial charge in [-0.3, -0.25) is 9.59 Å². The zero-order valence-electron chi connectivity index (χ0n) is 18.3. The van der Waals surface area contributed by atoms with Crippen molar-refractivity contribution in [3.05, 3.63) is 81.4 Å². The molecule has 2 aromatic heterocycles. The second kappa shape index (κ2) is 7.83. The third-order valence-electron chi connectivity index (χ3n) is 5.54. The Morgan fingerprint density at radius 3 is 2.42 bits per heavy atom. The number of nitrogens with one attached hydrogen (secondary N) is 1. The number of fused-ring (bicyclic) bond motifs is 1. The van der Waals surface area contributed by atoms with Crippen molar-refractivity contribution in [1.82, 2.24) is 19.6 Å². The summed E-state index contributed by atoms with van der Waals surface area (Å²) in [6.45, 7) is 9.31. The second-order valence-electron chi connectivity index (χ2n) is 7.88. The van der Waals surface area contributed by atoms with Crippen molar-refractivity contribution in [2.75, 3.05) is 5.32 Å². The third-order valence-corrected chi connectivity index (χ3v) is 5.54. The maximum atomic E-state index is 13.2. The number of nitrogens with zero attached hydrogens (tertiary/aromatic N) is 4. The number of rotatable bonds is 4. The van der Waals surface area contributed by atoms with Gasteiger partial charge in [0.05, 0.1) is 22.5 Å². The van der Waals surface area contributed by atoms with Crippen LogP contribution in [0.3, 0.4) is 0 Å². The van der Waals surface area contributed by atoms with E-state index in [0.29, 0.717) is 16.6 Å². The van der Waals surface area contributed by atoms with E-state index in [1.54, 1.807) is 11.6 Å². The average Bonchev–Trinajstić information content (AvgIpc) is 3.11. The molecule has 7 nitrogen and oxygen atoms in total. The Hall–Kier alpha value is -3.74. The molecule has 7 heteroatoms. The van der Waals surface area contributed by atoms with Crippen LogP contribution in [-0.4, -0.2) is 25.5 Å². The first kappa shape index (κ1) is 20.5. The number of hydrogen-bond donors (Lipinski definition) is 1. The van der Waals surface area contributed by atoms with Crippen LogP contribution < -0.4 is 10.9 Å². The molecule has 1 amide bonds. The summed E-state index contributed by atoms with van der Waals surface area (Å²) in [5.74, 6) is -0.304. The summed E-state index contributed by atoms with van der Waals surface area (Å²) < 4.78 is 2.96. The molecule has 0 aliphatic carbocycles. The van der Waals surface area contributed by atoms with E-state index < -0.39 is 6.04 Å². The molecule has 2 aromatic carbocycles. The van der Waals surface area contributed by atoms with Gasteiger partial charge in [-0.05, 0) is 63.9 Å². The summed E-state index contributed by atoms with van der Waals surface area (Å²) in [5, 5.41) is 12.7. The highest BCUT2D eigenvalue weighted by atomic mass is 16.2. The van der Waals surface area contributed by atoms with Crippen LogP contribution in [0.5, 0.6) is 0 Å². The molecule has 158 valence electrons. The van der Waals surface area contributed by atoms with E-state index in [0.717, 1.165) is 28.2 Å². The highest BCUT2D eigenvalue weighted by molar-refractivity contribution is 5.94. The van der Waals surface area contributed by atoms with Gasteiger partial charge in [0.25, 0.3) is 5.56 Å². The number of aromatic nitrogens is 4. The van der Waals surface area contributed by atoms with Crippen LogP contribution in [0.25, 0.3) is 16.6 Å². The Bertz CT molecular complexity index is 1350. The number of carbonyl (C=O) groups excluding carboxylic acids is 1. The molecule has 1 N–H and O–H groups in total. The summed E-state index contributed by atoms with van der Waals surface area (Å²) in [6, 6.07) is 14.7. The highest BCUT2D eigenvalue weighted by Gasteiger charge is 2.23. The molecule has 0 bridgehead atoms. The lowest BCUT2D eigenvalue weighted by Crippen LogP contribution is -2.34. The number of benzene rings is 2. The van der Waals surface area contributed by atoms with Gasteiger partial charge in [0.1, 0.15) is 6.04 Å². The van der Waals surface area contributed by atoms with Gasteiger partial charge in [0.2, 0.25) is 5.91 Å². The summed E-state index contributed by atoms with van der Waals surface area (Å²) in [4.78, 5) is 26.2. The van der Waals surface area contributed by atoms with E-state index in [-0.39, 0.29) is 11.5 Å². The van der Waals surface area contributed by atoms with E-state index >= 15 is 0 Å². The molecule has 4 rings (SSSR count). The zero-order valence-corrected chi connectivity index (χ0v) is 18.3. The average molecular weight is 415 g/mol. The molecule has 0 radical (unpaired) electrons. The smallest absolute Gasteiger partial charge is 0.295 e. The van der Waals surface area contributed by atoms with Gasteiger partial charge < -0.3 is 5.32 Å². The molecular weight excluding hydrogens is 390 g/mol. The lowest BCUT2D eigenvalue weighted by atomic mass is 10.1. The van der Waals surface area contributed by atoms with Crippen molar-refractivity contribution in [3.63, 3.8) is 0 Å². The summed E-state index contributed by atoms with van der Waals surface area (Å²) in [7, 11) is 0. The Morgan fingerprint density at radius 2 is 1.71 bits per heavy atom. The molecule has 0 unspecified atom stereocenters. The van der Waals surface area contributed by atoms with Crippen molar-refractivity contribution in [3.8, 4) is 5.69 Å². The molecule has 0 aliphatic heterocycles. The minimum atomic E-state index is -0.794. The van der Waals surface area contributed by atoms with Gasteiger partial charge in [0, 0.05) is 5.69 Å². The lowest BCUT2D eigenvalue weighted by molar-refractivity contribution is -0.119. The van der Waals surface area contributed by atoms with E-state index in [4.69, 9.17) is 0 Å². The number of amides is 1. The van der Waals surface area contributed by atoms with E-state index in [9.17, 15) is 9.59 Å². The zero-order chi connectivity index (χ0) is 22.3. The topological polar surface area (TPSA) is 81.8 Å². The standard InChI is InChI=1S/C24H25N5O2/c1-14-11-12-15(2)20(13-14)25-23(30)18(5)29-24(31)22-21(16(3)26-29)17(4)28(27-22)19-9-7-6-8-10-19/h6-13,18H,1-5H3,(H,25,30)/t18-/m1/s1. The van der Waals surface area contributed by atoms with Crippen LogP contribution >= 0.6 is 0 Å². The number of anilines is 1. The summed E-state index contributed by atoms with van der Waals surface area (Å²) in [5.41, 5.74) is 5.00. The number of hydrogen-bond acceptors (Lipinski definition) is 4.